The van der Waals surface area contributed by atoms with Crippen molar-refractivity contribution in [3.05, 3.63) is 70.0 Å². The molecule has 4 heterocycles. The van der Waals surface area contributed by atoms with E-state index in [4.69, 9.17) is 4.98 Å². The highest BCUT2D eigenvalue weighted by molar-refractivity contribution is 5.75. The van der Waals surface area contributed by atoms with Crippen LogP contribution in [0.5, 0.6) is 5.75 Å². The molecule has 4 aromatic rings. The fraction of sp³-hybridized carbons (Fsp3) is 0.286. The number of imidazole rings is 1. The average Bonchev–Trinajstić information content (AvgIpc) is 3.28. The summed E-state index contributed by atoms with van der Waals surface area (Å²) in [5.41, 5.74) is 3.98. The number of nitrogens with one attached hydrogen (secondary N) is 1. The Hall–Kier alpha value is -3.19. The van der Waals surface area contributed by atoms with Crippen LogP contribution in [0.3, 0.4) is 0 Å². The summed E-state index contributed by atoms with van der Waals surface area (Å²) in [6.45, 7) is 3.53. The Morgan fingerprint density at radius 3 is 3.04 bits per heavy atom. The maximum Gasteiger partial charge on any atom is 0.258 e. The normalized spacial score (nSPS) is 17.7. The van der Waals surface area contributed by atoms with Gasteiger partial charge in [-0.2, -0.15) is 0 Å². The van der Waals surface area contributed by atoms with Crippen LogP contribution in [-0.4, -0.2) is 35.9 Å². The zero-order valence-corrected chi connectivity index (χ0v) is 15.6. The fourth-order valence-electron chi connectivity index (χ4n) is 4.07. The molecule has 1 saturated heterocycles. The van der Waals surface area contributed by atoms with Gasteiger partial charge in [0.2, 0.25) is 0 Å². The average molecular weight is 375 g/mol. The minimum Gasteiger partial charge on any atom is -0.504 e. The molecular formula is C21H21N5O2. The third-order valence-electron chi connectivity index (χ3n) is 5.42. The molecule has 1 fully saturated rings. The first-order valence-electron chi connectivity index (χ1n) is 9.49. The predicted octanol–water partition coefficient (Wildman–Crippen LogP) is 2.92. The zero-order valence-electron chi connectivity index (χ0n) is 15.6. The lowest BCUT2D eigenvalue weighted by molar-refractivity contribution is 0.238. The Labute approximate surface area is 161 Å². The van der Waals surface area contributed by atoms with E-state index in [-0.39, 0.29) is 17.4 Å². The van der Waals surface area contributed by atoms with E-state index in [1.54, 1.807) is 24.4 Å². The Balaban J connectivity index is 1.48. The van der Waals surface area contributed by atoms with Gasteiger partial charge in [-0.05, 0) is 56.1 Å². The van der Waals surface area contributed by atoms with Gasteiger partial charge in [-0.25, -0.2) is 9.97 Å². The lowest BCUT2D eigenvalue weighted by Gasteiger charge is -2.22. The van der Waals surface area contributed by atoms with Gasteiger partial charge in [0.15, 0.2) is 11.4 Å². The van der Waals surface area contributed by atoms with Crippen molar-refractivity contribution in [3.63, 3.8) is 0 Å². The van der Waals surface area contributed by atoms with Crippen LogP contribution < -0.4 is 5.56 Å². The molecule has 1 unspecified atom stereocenters. The van der Waals surface area contributed by atoms with Crippen LogP contribution in [-0.2, 0) is 6.54 Å². The summed E-state index contributed by atoms with van der Waals surface area (Å²) >= 11 is 0. The minimum absolute atomic E-state index is 0.00655. The number of hydrogen-bond donors (Lipinski definition) is 2. The number of aromatic nitrogens is 4. The zero-order chi connectivity index (χ0) is 19.3. The van der Waals surface area contributed by atoms with Crippen molar-refractivity contribution >= 4 is 16.7 Å². The molecule has 0 saturated carbocycles. The van der Waals surface area contributed by atoms with Gasteiger partial charge in [-0.15, -0.1) is 0 Å². The van der Waals surface area contributed by atoms with E-state index in [0.717, 1.165) is 36.2 Å². The smallest absolute Gasteiger partial charge is 0.258 e. The van der Waals surface area contributed by atoms with Crippen LogP contribution in [0.25, 0.3) is 16.7 Å². The van der Waals surface area contributed by atoms with Crippen molar-refractivity contribution in [2.75, 3.05) is 6.54 Å². The largest absolute Gasteiger partial charge is 0.504 e. The van der Waals surface area contributed by atoms with Crippen LogP contribution in [0.1, 0.15) is 36.0 Å². The molecule has 1 aliphatic heterocycles. The molecule has 0 radical (unpaired) electrons. The van der Waals surface area contributed by atoms with Gasteiger partial charge in [-0.3, -0.25) is 14.1 Å². The molecule has 2 N–H and O–H groups in total. The van der Waals surface area contributed by atoms with Gasteiger partial charge in [-0.1, -0.05) is 6.07 Å². The molecule has 142 valence electrons. The van der Waals surface area contributed by atoms with Crippen molar-refractivity contribution in [1.29, 1.82) is 0 Å². The second kappa shape index (κ2) is 6.45. The first-order valence-corrected chi connectivity index (χ1v) is 9.49. The summed E-state index contributed by atoms with van der Waals surface area (Å²) in [4.78, 5) is 27.5. The van der Waals surface area contributed by atoms with Crippen LogP contribution in [0.2, 0.25) is 0 Å². The molecule has 0 bridgehead atoms. The van der Waals surface area contributed by atoms with Gasteiger partial charge in [0.05, 0.1) is 22.8 Å². The number of fused-ring (bicyclic) bond motifs is 2. The Morgan fingerprint density at radius 2 is 2.14 bits per heavy atom. The SMILES string of the molecule is Cc1ccc2nc(C3CCCN3Cc3cc(=O)n4cccc(O)c4n3)[nH]c2c1. The van der Waals surface area contributed by atoms with E-state index in [1.807, 2.05) is 6.07 Å². The number of aromatic amines is 1. The lowest BCUT2D eigenvalue weighted by atomic mass is 10.2. The molecule has 1 atom stereocenters. The summed E-state index contributed by atoms with van der Waals surface area (Å²) in [5, 5.41) is 10.1. The number of likely N-dealkylation sites (tertiary alicyclic amines) is 1. The van der Waals surface area contributed by atoms with Crippen molar-refractivity contribution in [1.82, 2.24) is 24.3 Å². The Morgan fingerprint density at radius 1 is 1.25 bits per heavy atom. The molecule has 1 aromatic carbocycles. The van der Waals surface area contributed by atoms with Crippen molar-refractivity contribution in [3.8, 4) is 5.75 Å². The van der Waals surface area contributed by atoms with Gasteiger partial charge in [0.1, 0.15) is 5.82 Å². The number of hydrogen-bond acceptors (Lipinski definition) is 5. The maximum absolute atomic E-state index is 12.4. The fourth-order valence-corrected chi connectivity index (χ4v) is 4.07. The maximum atomic E-state index is 12.4. The number of aryl methyl sites for hydroxylation is 1. The second-order valence-electron chi connectivity index (χ2n) is 7.44. The van der Waals surface area contributed by atoms with E-state index in [1.165, 1.54) is 9.96 Å². The van der Waals surface area contributed by atoms with Gasteiger partial charge >= 0.3 is 0 Å². The topological polar surface area (TPSA) is 86.5 Å². The first kappa shape index (κ1) is 16.9. The monoisotopic (exact) mass is 375 g/mol. The predicted molar refractivity (Wildman–Crippen MR) is 106 cm³/mol. The van der Waals surface area contributed by atoms with E-state index in [9.17, 15) is 9.90 Å². The van der Waals surface area contributed by atoms with Gasteiger partial charge in [0, 0.05) is 18.8 Å². The molecule has 0 aliphatic carbocycles. The number of nitrogens with zero attached hydrogens (tertiary/aromatic N) is 4. The molecule has 1 aliphatic rings. The van der Waals surface area contributed by atoms with Crippen LogP contribution in [0.4, 0.5) is 0 Å². The highest BCUT2D eigenvalue weighted by Gasteiger charge is 2.29. The second-order valence-corrected chi connectivity index (χ2v) is 7.44. The summed E-state index contributed by atoms with van der Waals surface area (Å²) < 4.78 is 1.36. The summed E-state index contributed by atoms with van der Waals surface area (Å²) in [7, 11) is 0. The van der Waals surface area contributed by atoms with E-state index in [0.29, 0.717) is 17.9 Å². The van der Waals surface area contributed by atoms with Crippen molar-refractivity contribution in [2.24, 2.45) is 0 Å². The van der Waals surface area contributed by atoms with E-state index < -0.39 is 0 Å². The summed E-state index contributed by atoms with van der Waals surface area (Å²) in [6.07, 6.45) is 3.69. The molecule has 0 amide bonds. The number of pyridine rings is 1. The summed E-state index contributed by atoms with van der Waals surface area (Å²) in [5.74, 6) is 0.963. The number of aromatic hydroxyl groups is 1. The van der Waals surface area contributed by atoms with Crippen LogP contribution >= 0.6 is 0 Å². The molecule has 5 rings (SSSR count). The minimum atomic E-state index is -0.189. The van der Waals surface area contributed by atoms with Crippen LogP contribution in [0, 0.1) is 6.92 Å². The van der Waals surface area contributed by atoms with E-state index >= 15 is 0 Å². The first-order chi connectivity index (χ1) is 13.6. The molecule has 28 heavy (non-hydrogen) atoms. The summed E-state index contributed by atoms with van der Waals surface area (Å²) in [6, 6.07) is 11.1. The lowest BCUT2D eigenvalue weighted by Crippen LogP contribution is -2.26. The van der Waals surface area contributed by atoms with E-state index in [2.05, 4.69) is 33.9 Å². The van der Waals surface area contributed by atoms with Crippen LogP contribution in [0.15, 0.2) is 47.4 Å². The number of benzene rings is 1. The highest BCUT2D eigenvalue weighted by Crippen LogP contribution is 2.32. The molecule has 7 heteroatoms. The quantitative estimate of drug-likeness (QED) is 0.575. The molecular weight excluding hydrogens is 354 g/mol. The molecule has 0 spiro atoms. The van der Waals surface area contributed by atoms with Crippen molar-refractivity contribution in [2.45, 2.75) is 32.4 Å². The third kappa shape index (κ3) is 2.84. The van der Waals surface area contributed by atoms with Gasteiger partial charge < -0.3 is 10.1 Å². The highest BCUT2D eigenvalue weighted by atomic mass is 16.3. The molecule has 3 aromatic heterocycles. The van der Waals surface area contributed by atoms with Gasteiger partial charge in [0.25, 0.3) is 5.56 Å². The van der Waals surface area contributed by atoms with Crippen molar-refractivity contribution < 1.29 is 5.11 Å². The molecule has 7 nitrogen and oxygen atoms in total. The Bertz CT molecular complexity index is 1240. The number of rotatable bonds is 3. The third-order valence-corrected chi connectivity index (χ3v) is 5.42. The Kier molecular flexibility index (Phi) is 3.91. The number of H-pyrrole nitrogens is 1. The standard InChI is InChI=1S/C21H21N5O2/c1-13-6-7-15-16(10-13)24-20(23-15)17-4-2-8-25(17)12-14-11-19(28)26-9-3-5-18(27)21(26)22-14/h3,5-7,9-11,17,27H,2,4,8,12H2,1H3,(H,23,24).